The predicted molar refractivity (Wildman–Crippen MR) is 143 cm³/mol. The van der Waals surface area contributed by atoms with Crippen LogP contribution in [0.3, 0.4) is 0 Å². The summed E-state index contributed by atoms with van der Waals surface area (Å²) in [4.78, 5) is 32.3. The van der Waals surface area contributed by atoms with Gasteiger partial charge < -0.3 is 45.4 Å². The first-order chi connectivity index (χ1) is 19.6. The molecular weight excluding hydrogens is 536 g/mol. The summed E-state index contributed by atoms with van der Waals surface area (Å²) in [5, 5.41) is 67.7. The number of aliphatic hydroxyl groups is 5. The van der Waals surface area contributed by atoms with E-state index in [2.05, 4.69) is 10.3 Å². The van der Waals surface area contributed by atoms with Crippen LogP contribution in [0.25, 0.3) is 10.8 Å². The molecule has 0 spiro atoms. The molecule has 41 heavy (non-hydrogen) atoms. The molecule has 2 aromatic carbocycles. The van der Waals surface area contributed by atoms with E-state index < -0.39 is 54.5 Å². The minimum atomic E-state index is -1.81. The lowest BCUT2D eigenvalue weighted by molar-refractivity contribution is -0.321. The van der Waals surface area contributed by atoms with Crippen LogP contribution in [0.4, 0.5) is 5.82 Å². The number of ether oxygens (including phenoxy) is 2. The summed E-state index contributed by atoms with van der Waals surface area (Å²) in [6.45, 7) is 1.01. The zero-order chi connectivity index (χ0) is 29.2. The number of anilines is 1. The Morgan fingerprint density at radius 3 is 2.56 bits per heavy atom. The van der Waals surface area contributed by atoms with E-state index in [9.17, 15) is 40.2 Å². The van der Waals surface area contributed by atoms with Gasteiger partial charge in [0.2, 0.25) is 12.1 Å². The first-order valence-corrected chi connectivity index (χ1v) is 13.4. The molecule has 1 aliphatic carbocycles. The van der Waals surface area contributed by atoms with E-state index in [1.165, 1.54) is 24.4 Å². The van der Waals surface area contributed by atoms with Crippen molar-refractivity contribution in [3.8, 4) is 11.5 Å². The molecule has 6 rings (SSSR count). The number of β-amino-alcohol motifs (C(OH)–C–C–N with tert-alkyl or cyclic N) is 1. The van der Waals surface area contributed by atoms with Crippen molar-refractivity contribution < 1.29 is 49.7 Å². The maximum Gasteiger partial charge on any atom is 0.229 e. The largest absolute Gasteiger partial charge is 0.507 e. The Morgan fingerprint density at radius 2 is 1.80 bits per heavy atom. The highest BCUT2D eigenvalue weighted by molar-refractivity contribution is 6.34. The molecule has 0 saturated carbocycles. The fourth-order valence-corrected chi connectivity index (χ4v) is 6.06. The van der Waals surface area contributed by atoms with Crippen molar-refractivity contribution in [2.24, 2.45) is 0 Å². The first-order valence-electron chi connectivity index (χ1n) is 13.4. The molecule has 1 saturated heterocycles. The molecule has 7 N–H and O–H groups in total. The Balaban J connectivity index is 1.61. The number of hydrogen-bond acceptors (Lipinski definition) is 12. The number of benzene rings is 2. The van der Waals surface area contributed by atoms with Crippen LogP contribution in [0, 0.1) is 6.92 Å². The Morgan fingerprint density at radius 1 is 1.02 bits per heavy atom. The van der Waals surface area contributed by atoms with E-state index in [4.69, 9.17) is 9.47 Å². The van der Waals surface area contributed by atoms with Gasteiger partial charge in [-0.3, -0.25) is 9.59 Å². The van der Waals surface area contributed by atoms with Gasteiger partial charge in [0, 0.05) is 29.3 Å². The number of aliphatic hydroxyl groups excluding tert-OH is 5. The normalized spacial score (nSPS) is 29.8. The molecular formula is C29H30N2O10. The number of phenolic OH excluding ortho intramolecular Hbond substituents is 1. The summed E-state index contributed by atoms with van der Waals surface area (Å²) >= 11 is 0. The van der Waals surface area contributed by atoms with Crippen molar-refractivity contribution in [2.75, 3.05) is 18.5 Å². The summed E-state index contributed by atoms with van der Waals surface area (Å²) in [5.74, 6) is -1.53. The number of aromatic nitrogens is 1. The standard InChI is InChI=1S/C29H30N2O10/c1-12-7-16-19(17(34)8-12)23(36)21-18-9-15-14(20(21)22(16)35)4-6-30-27(15)31-10-13(33)3-2-5-29(11-32)26(39)24(37)25(38)28(40-18)41-29/h4,6-9,13,24-26,28,32-34,37-39H,2-3,5,10-11H2,1H3,(H,30,31). The van der Waals surface area contributed by atoms with Crippen molar-refractivity contribution in [3.05, 3.63) is 58.3 Å². The number of aromatic hydroxyl groups is 1. The summed E-state index contributed by atoms with van der Waals surface area (Å²) in [6.07, 6.45) is -5.87. The molecule has 216 valence electrons. The molecule has 1 aromatic heterocycles. The second-order valence-electron chi connectivity index (χ2n) is 10.9. The second kappa shape index (κ2) is 10.0. The molecule has 1 fully saturated rings. The van der Waals surface area contributed by atoms with Gasteiger partial charge >= 0.3 is 0 Å². The van der Waals surface area contributed by atoms with Crippen LogP contribution in [-0.2, 0) is 4.74 Å². The zero-order valence-corrected chi connectivity index (χ0v) is 22.1. The highest BCUT2D eigenvalue weighted by Crippen LogP contribution is 2.44. The van der Waals surface area contributed by atoms with Crippen molar-refractivity contribution in [3.63, 3.8) is 0 Å². The fourth-order valence-electron chi connectivity index (χ4n) is 6.06. The van der Waals surface area contributed by atoms with E-state index in [0.717, 1.165) is 0 Å². The first kappa shape index (κ1) is 27.5. The van der Waals surface area contributed by atoms with Gasteiger partial charge in [-0.1, -0.05) is 0 Å². The van der Waals surface area contributed by atoms with E-state index >= 15 is 0 Å². The minimum Gasteiger partial charge on any atom is -0.507 e. The molecule has 6 atom stereocenters. The van der Waals surface area contributed by atoms with Gasteiger partial charge in [0.1, 0.15) is 41.2 Å². The number of phenols is 1. The number of ketones is 2. The number of rotatable bonds is 1. The molecule has 4 bridgehead atoms. The summed E-state index contributed by atoms with van der Waals surface area (Å²) in [5.41, 5.74) is -1.58. The van der Waals surface area contributed by atoms with Gasteiger partial charge in [-0.05, 0) is 61.4 Å². The van der Waals surface area contributed by atoms with Gasteiger partial charge in [-0.15, -0.1) is 0 Å². The van der Waals surface area contributed by atoms with Crippen molar-refractivity contribution >= 4 is 28.2 Å². The van der Waals surface area contributed by atoms with Crippen LogP contribution in [0.5, 0.6) is 11.5 Å². The molecule has 3 heterocycles. The minimum absolute atomic E-state index is 0.00460. The van der Waals surface area contributed by atoms with E-state index in [1.54, 1.807) is 13.0 Å². The highest BCUT2D eigenvalue weighted by Gasteiger charge is 2.54. The predicted octanol–water partition coefficient (Wildman–Crippen LogP) is 0.530. The molecule has 12 heteroatoms. The van der Waals surface area contributed by atoms with Crippen LogP contribution in [-0.4, -0.2) is 96.6 Å². The molecule has 0 radical (unpaired) electrons. The highest BCUT2D eigenvalue weighted by atomic mass is 16.7. The molecule has 3 aromatic rings. The fraction of sp³-hybridized carbons (Fsp3) is 0.414. The SMILES string of the molecule is Cc1cc(O)c2c(c1)C(=O)c1c(c3cc4c(nccc14)NCC(O)CCCC1(CO)OC(O3)C(O)C(O)C1O)C2=O. The van der Waals surface area contributed by atoms with Gasteiger partial charge in [0.25, 0.3) is 0 Å². The zero-order valence-electron chi connectivity index (χ0n) is 22.1. The van der Waals surface area contributed by atoms with Gasteiger partial charge in [-0.2, -0.15) is 0 Å². The smallest absolute Gasteiger partial charge is 0.229 e. The van der Waals surface area contributed by atoms with Crippen molar-refractivity contribution in [1.29, 1.82) is 0 Å². The van der Waals surface area contributed by atoms with Crippen LogP contribution >= 0.6 is 0 Å². The molecule has 2 aliphatic heterocycles. The van der Waals surface area contributed by atoms with Gasteiger partial charge in [0.05, 0.1) is 23.8 Å². The molecule has 12 nitrogen and oxygen atoms in total. The van der Waals surface area contributed by atoms with Gasteiger partial charge in [-0.25, -0.2) is 4.98 Å². The van der Waals surface area contributed by atoms with Crippen LogP contribution < -0.4 is 10.1 Å². The Kier molecular flexibility index (Phi) is 6.72. The lowest BCUT2D eigenvalue weighted by Gasteiger charge is -2.48. The number of pyridine rings is 1. The van der Waals surface area contributed by atoms with Crippen LogP contribution in [0.1, 0.15) is 56.7 Å². The Hall–Kier alpha value is -3.65. The van der Waals surface area contributed by atoms with Crippen molar-refractivity contribution in [2.45, 2.75) is 62.5 Å². The number of nitrogens with one attached hydrogen (secondary N) is 1. The van der Waals surface area contributed by atoms with E-state index in [-0.39, 0.29) is 59.6 Å². The van der Waals surface area contributed by atoms with Crippen molar-refractivity contribution in [1.82, 2.24) is 4.98 Å². The average Bonchev–Trinajstić information content (AvgIpc) is 2.94. The lowest BCUT2D eigenvalue weighted by Crippen LogP contribution is -2.67. The number of hydrogen-bond donors (Lipinski definition) is 7. The monoisotopic (exact) mass is 566 g/mol. The third kappa shape index (κ3) is 4.26. The Bertz CT molecular complexity index is 1580. The summed E-state index contributed by atoms with van der Waals surface area (Å²) < 4.78 is 12.0. The average molecular weight is 567 g/mol. The number of carbonyl (C=O) groups is 2. The topological polar surface area (TPSA) is 199 Å². The molecule has 0 amide bonds. The summed E-state index contributed by atoms with van der Waals surface area (Å²) in [6, 6.07) is 5.88. The molecule has 6 unspecified atom stereocenters. The van der Waals surface area contributed by atoms with Gasteiger partial charge in [0.15, 0.2) is 5.78 Å². The third-order valence-corrected chi connectivity index (χ3v) is 8.21. The van der Waals surface area contributed by atoms with E-state index in [1.807, 2.05) is 0 Å². The maximum atomic E-state index is 14.0. The number of carbonyl (C=O) groups excluding carboxylic acids is 2. The number of aryl methyl sites for hydroxylation is 1. The maximum absolute atomic E-state index is 14.0. The van der Waals surface area contributed by atoms with Crippen LogP contribution in [0.15, 0.2) is 30.5 Å². The quantitative estimate of drug-likeness (QED) is 0.169. The second-order valence-corrected chi connectivity index (χ2v) is 10.9. The van der Waals surface area contributed by atoms with E-state index in [0.29, 0.717) is 22.2 Å². The number of fused-ring (bicyclic) bond motifs is 7. The Labute approximate surface area is 233 Å². The number of nitrogens with zero attached hydrogens (tertiary/aromatic N) is 1. The third-order valence-electron chi connectivity index (χ3n) is 8.21. The molecule has 3 aliphatic rings. The summed E-state index contributed by atoms with van der Waals surface area (Å²) in [7, 11) is 0. The lowest BCUT2D eigenvalue weighted by atomic mass is 9.80. The van der Waals surface area contributed by atoms with Crippen LogP contribution in [0.2, 0.25) is 0 Å².